The van der Waals surface area contributed by atoms with Gasteiger partial charge in [0.2, 0.25) is 11.7 Å². The lowest BCUT2D eigenvalue weighted by molar-refractivity contribution is -0.125. The molecule has 4 rings (SSSR count). The normalized spacial score (nSPS) is 20.1. The number of methoxy groups -OCH3 is 1. The van der Waals surface area contributed by atoms with Crippen LogP contribution in [0, 0.1) is 11.8 Å². The molecule has 32 heavy (non-hydrogen) atoms. The quantitative estimate of drug-likeness (QED) is 0.663. The summed E-state index contributed by atoms with van der Waals surface area (Å²) < 4.78 is 35.6. The molecule has 3 heterocycles. The van der Waals surface area contributed by atoms with E-state index in [9.17, 15) is 13.6 Å². The molecule has 1 N–H and O–H groups in total. The number of alkyl halides is 2. The highest BCUT2D eigenvalue weighted by molar-refractivity contribution is 5.79. The molecule has 8 nitrogen and oxygen atoms in total. The van der Waals surface area contributed by atoms with E-state index in [-0.39, 0.29) is 24.3 Å². The smallest absolute Gasteiger partial charge is 0.324 e. The van der Waals surface area contributed by atoms with Crippen LogP contribution in [0.15, 0.2) is 28.8 Å². The Kier molecular flexibility index (Phi) is 7.19. The molecule has 10 heteroatoms. The molecule has 0 aliphatic carbocycles. The van der Waals surface area contributed by atoms with E-state index < -0.39 is 6.43 Å². The van der Waals surface area contributed by atoms with Gasteiger partial charge in [0.25, 0.3) is 6.43 Å². The van der Waals surface area contributed by atoms with Crippen LogP contribution in [-0.4, -0.2) is 73.8 Å². The van der Waals surface area contributed by atoms with Gasteiger partial charge in [0.15, 0.2) is 0 Å². The molecule has 0 saturated carbocycles. The van der Waals surface area contributed by atoms with Crippen molar-refractivity contribution < 1.29 is 22.8 Å². The monoisotopic (exact) mass is 449 g/mol. The minimum atomic E-state index is -2.31. The minimum absolute atomic E-state index is 0.0430. The average Bonchev–Trinajstić information content (AvgIpc) is 3.47. The summed E-state index contributed by atoms with van der Waals surface area (Å²) in [5, 5.41) is 7.09. The zero-order valence-corrected chi connectivity index (χ0v) is 18.2. The van der Waals surface area contributed by atoms with Crippen LogP contribution in [0.5, 0.6) is 5.75 Å². The third kappa shape index (κ3) is 5.53. The summed E-state index contributed by atoms with van der Waals surface area (Å²) in [6.07, 6.45) is -0.0542. The molecule has 2 fully saturated rings. The summed E-state index contributed by atoms with van der Waals surface area (Å²) in [4.78, 5) is 20.8. The number of nitrogens with zero attached hydrogens (tertiary/aromatic N) is 4. The minimum Gasteiger partial charge on any atom is -0.497 e. The van der Waals surface area contributed by atoms with Gasteiger partial charge in [-0.15, -0.1) is 0 Å². The molecule has 1 aromatic heterocycles. The Bertz CT molecular complexity index is 884. The Hall–Kier alpha value is -2.75. The van der Waals surface area contributed by atoms with Crippen LogP contribution < -0.4 is 15.0 Å². The molecular formula is C22H29F2N5O3. The molecule has 1 atom stereocenters. The number of ether oxygens (including phenoxy) is 1. The average molecular weight is 450 g/mol. The number of hydrogen-bond acceptors (Lipinski definition) is 7. The molecule has 1 aromatic carbocycles. The van der Waals surface area contributed by atoms with E-state index in [2.05, 4.69) is 15.5 Å². The molecule has 2 aliphatic rings. The summed E-state index contributed by atoms with van der Waals surface area (Å²) >= 11 is 0. The van der Waals surface area contributed by atoms with Gasteiger partial charge in [-0.25, -0.2) is 8.78 Å². The molecule has 0 radical (unpaired) electrons. The summed E-state index contributed by atoms with van der Waals surface area (Å²) in [6.45, 7) is 2.98. The molecule has 1 amide bonds. The van der Waals surface area contributed by atoms with Crippen LogP contribution in [0.4, 0.5) is 14.8 Å². The molecule has 174 valence electrons. The maximum Gasteiger partial charge on any atom is 0.324 e. The van der Waals surface area contributed by atoms with Gasteiger partial charge in [-0.1, -0.05) is 5.16 Å². The number of anilines is 1. The van der Waals surface area contributed by atoms with Gasteiger partial charge in [0.05, 0.1) is 13.7 Å². The van der Waals surface area contributed by atoms with Crippen LogP contribution in [0.25, 0.3) is 11.4 Å². The first-order chi connectivity index (χ1) is 15.5. The van der Waals surface area contributed by atoms with Crippen molar-refractivity contribution in [1.29, 1.82) is 0 Å². The maximum atomic E-state index is 12.6. The standard InChI is InChI=1S/C22H29F2N5O3/c1-31-18-4-2-16(3-5-18)20-26-22(32-27-20)29-10-7-17(8-11-29)21(30)25-12-15-6-9-28(13-15)14-19(23)24/h2-5,15,17,19H,6-14H2,1H3,(H,25,30). The van der Waals surface area contributed by atoms with Crippen LogP contribution in [0.1, 0.15) is 19.3 Å². The van der Waals surface area contributed by atoms with E-state index in [1.807, 2.05) is 29.2 Å². The highest BCUT2D eigenvalue weighted by Crippen LogP contribution is 2.26. The number of likely N-dealkylation sites (tertiary alicyclic amines) is 1. The second-order valence-corrected chi connectivity index (χ2v) is 8.44. The lowest BCUT2D eigenvalue weighted by atomic mass is 9.96. The maximum absolute atomic E-state index is 12.6. The Morgan fingerprint density at radius 1 is 1.22 bits per heavy atom. The summed E-state index contributed by atoms with van der Waals surface area (Å²) in [5.41, 5.74) is 0.842. The summed E-state index contributed by atoms with van der Waals surface area (Å²) in [7, 11) is 1.62. The Labute approximate surface area is 185 Å². The van der Waals surface area contributed by atoms with Crippen LogP contribution in [0.2, 0.25) is 0 Å². The van der Waals surface area contributed by atoms with E-state index in [1.165, 1.54) is 0 Å². The fourth-order valence-corrected chi connectivity index (χ4v) is 4.36. The van der Waals surface area contributed by atoms with Crippen LogP contribution in [0.3, 0.4) is 0 Å². The number of rotatable bonds is 8. The molecule has 2 aromatic rings. The molecule has 1 unspecified atom stereocenters. The Morgan fingerprint density at radius 2 is 1.97 bits per heavy atom. The van der Waals surface area contributed by atoms with Crippen LogP contribution >= 0.6 is 0 Å². The Morgan fingerprint density at radius 3 is 2.66 bits per heavy atom. The summed E-state index contributed by atoms with van der Waals surface area (Å²) in [5.74, 6) is 1.50. The number of benzene rings is 1. The lowest BCUT2D eigenvalue weighted by Gasteiger charge is -2.30. The predicted octanol–water partition coefficient (Wildman–Crippen LogP) is 2.66. The van der Waals surface area contributed by atoms with Crippen molar-refractivity contribution in [3.05, 3.63) is 24.3 Å². The van der Waals surface area contributed by atoms with Gasteiger partial charge in [-0.05, 0) is 56.0 Å². The molecule has 2 aliphatic heterocycles. The number of aromatic nitrogens is 2. The number of halogens is 2. The van der Waals surface area contributed by atoms with Gasteiger partial charge in [-0.3, -0.25) is 9.69 Å². The van der Waals surface area contributed by atoms with Gasteiger partial charge in [0, 0.05) is 37.7 Å². The Balaban J connectivity index is 1.22. The first-order valence-corrected chi connectivity index (χ1v) is 11.0. The van der Waals surface area contributed by atoms with Crippen molar-refractivity contribution in [1.82, 2.24) is 20.4 Å². The van der Waals surface area contributed by atoms with E-state index >= 15 is 0 Å². The van der Waals surface area contributed by atoms with Gasteiger partial charge in [-0.2, -0.15) is 4.98 Å². The van der Waals surface area contributed by atoms with E-state index in [0.29, 0.717) is 57.4 Å². The fourth-order valence-electron chi connectivity index (χ4n) is 4.36. The first-order valence-electron chi connectivity index (χ1n) is 11.0. The zero-order chi connectivity index (χ0) is 22.5. The second kappa shape index (κ2) is 10.2. The van der Waals surface area contributed by atoms with Crippen molar-refractivity contribution in [2.24, 2.45) is 11.8 Å². The van der Waals surface area contributed by atoms with E-state index in [4.69, 9.17) is 9.26 Å². The third-order valence-corrected chi connectivity index (χ3v) is 6.23. The van der Waals surface area contributed by atoms with Gasteiger partial charge >= 0.3 is 6.01 Å². The number of piperidine rings is 1. The largest absolute Gasteiger partial charge is 0.497 e. The lowest BCUT2D eigenvalue weighted by Crippen LogP contribution is -2.42. The number of carbonyl (C=O) groups excluding carboxylic acids is 1. The number of nitrogens with one attached hydrogen (secondary N) is 1. The van der Waals surface area contributed by atoms with Crippen molar-refractivity contribution in [3.63, 3.8) is 0 Å². The highest BCUT2D eigenvalue weighted by atomic mass is 19.3. The van der Waals surface area contributed by atoms with E-state index in [0.717, 1.165) is 17.7 Å². The highest BCUT2D eigenvalue weighted by Gasteiger charge is 2.29. The SMILES string of the molecule is COc1ccc(-c2noc(N3CCC(C(=O)NCC4CCN(CC(F)F)C4)CC3)n2)cc1. The van der Waals surface area contributed by atoms with E-state index in [1.54, 1.807) is 12.0 Å². The fraction of sp³-hybridized carbons (Fsp3) is 0.591. The van der Waals surface area contributed by atoms with Crippen molar-refractivity contribution in [2.75, 3.05) is 51.3 Å². The van der Waals surface area contributed by atoms with Crippen molar-refractivity contribution in [3.8, 4) is 17.1 Å². The number of amides is 1. The summed E-state index contributed by atoms with van der Waals surface area (Å²) in [6, 6.07) is 7.90. The predicted molar refractivity (Wildman–Crippen MR) is 115 cm³/mol. The second-order valence-electron chi connectivity index (χ2n) is 8.44. The molecule has 2 saturated heterocycles. The topological polar surface area (TPSA) is 83.7 Å². The van der Waals surface area contributed by atoms with Crippen molar-refractivity contribution >= 4 is 11.9 Å². The number of hydrogen-bond donors (Lipinski definition) is 1. The molecule has 0 spiro atoms. The van der Waals surface area contributed by atoms with Crippen LogP contribution in [-0.2, 0) is 4.79 Å². The zero-order valence-electron chi connectivity index (χ0n) is 18.2. The molecular weight excluding hydrogens is 420 g/mol. The third-order valence-electron chi connectivity index (χ3n) is 6.23. The first kappa shape index (κ1) is 22.4. The van der Waals surface area contributed by atoms with Crippen molar-refractivity contribution in [2.45, 2.75) is 25.7 Å². The number of carbonyl (C=O) groups is 1. The van der Waals surface area contributed by atoms with Gasteiger partial charge < -0.3 is 19.5 Å². The van der Waals surface area contributed by atoms with Gasteiger partial charge in [0.1, 0.15) is 5.75 Å². The molecule has 0 bridgehead atoms.